The Hall–Kier alpha value is -10.3. The second-order valence-corrected chi connectivity index (χ2v) is 33.0. The number of nitrogens with zero attached hydrogens (tertiary/aromatic N) is 10. The van der Waals surface area contributed by atoms with Gasteiger partial charge in [-0.3, -0.25) is 4.98 Å². The predicted octanol–water partition coefficient (Wildman–Crippen LogP) is 24.3. The van der Waals surface area contributed by atoms with Crippen LogP contribution in [0.4, 0.5) is 0 Å². The van der Waals surface area contributed by atoms with E-state index in [4.69, 9.17) is 43.3 Å². The molecule has 18 heteroatoms. The molecule has 5 aliphatic carbocycles. The highest BCUT2D eigenvalue weighted by Gasteiger charge is 2.33. The first-order valence-electron chi connectivity index (χ1n) is 39.9. The highest BCUT2D eigenvalue weighted by molar-refractivity contribution is 6.32. The third kappa shape index (κ3) is 17.2. The fraction of sp³-hybridized carbons (Fsp3) is 0.383. The third-order valence-corrected chi connectivity index (χ3v) is 23.5. The molecule has 0 radical (unpaired) electrons. The number of hydrogen-bond donors (Lipinski definition) is 0. The van der Waals surface area contributed by atoms with Gasteiger partial charge in [-0.1, -0.05) is 28.0 Å². The molecule has 0 N–H and O–H groups in total. The normalized spacial score (nSPS) is 15.9. The van der Waals surface area contributed by atoms with Gasteiger partial charge in [0.05, 0.1) is 67.1 Å². The number of aryl methyl sites for hydroxylation is 15. The monoisotopic (exact) mass is 1520 g/mol. The minimum absolute atomic E-state index is 0.359. The molecule has 0 unspecified atom stereocenters. The number of rotatable bonds is 7. The van der Waals surface area contributed by atoms with Crippen molar-refractivity contribution in [3.05, 3.63) is 245 Å². The summed E-state index contributed by atoms with van der Waals surface area (Å²) >= 11 is 6.06. The Balaban J connectivity index is 0.0000000969. The van der Waals surface area contributed by atoms with E-state index in [9.17, 15) is 0 Å². The van der Waals surface area contributed by atoms with Gasteiger partial charge < -0.3 is 31.7 Å². The maximum atomic E-state index is 6.06. The zero-order chi connectivity index (χ0) is 77.9. The van der Waals surface area contributed by atoms with Gasteiger partial charge in [-0.2, -0.15) is 15.0 Å². The van der Waals surface area contributed by atoms with Crippen molar-refractivity contribution in [2.24, 2.45) is 0 Å². The van der Waals surface area contributed by atoms with Crippen LogP contribution in [-0.2, 0) is 9.47 Å². The number of ether oxygens (including phenoxy) is 2. The molecule has 7 aliphatic rings. The highest BCUT2D eigenvalue weighted by Crippen LogP contribution is 2.45. The minimum atomic E-state index is 0.359. The van der Waals surface area contributed by atoms with Crippen LogP contribution in [0.3, 0.4) is 0 Å². The standard InChI is InChI=1S/C13H14O.C12H11ClO2.C12H13NO2.2C12H13NO.2C11H13N3.C11H11N/c1-8-5-11-7-13(10-3-4-10)14-12(11)6-9(8)2;1-7-2-11-8(3-10(7)13)4-12(15-11)9-5-14-6-9;1-7-3-10-11(4-8(7)2)15-12(13-10)9-5-14-6-9;1-7-5-10-11(6-8(7)2)14-12(13-10)9-3-4-9;1-7-5-10-11(6-8(7)2)14-13-12(10)9-3-4-9;1-7-5-10-11(6-8(7)2)14(13-12-10)9-3-4-9;1-7-5-10-11(6-8(7)2)13-14(12-10)9-3-4-9;1-8-6-10-4-3-5-12-11(10)7-9(8)2/h5-7,10H,3-4H2,1-2H3;2-4,9H,5-6H2,1H3;3-4,9H,5-6H2,1-2H3;4*5-6,9H,3-4H2,1-2H3;3-7H,1-2H3. The molecule has 2 saturated heterocycles. The molecule has 7 fully saturated rings. The van der Waals surface area contributed by atoms with Crippen molar-refractivity contribution in [2.45, 2.75) is 210 Å². The number of furan rings is 2. The van der Waals surface area contributed by atoms with Gasteiger partial charge in [0.15, 0.2) is 22.6 Å². The molecule has 0 bridgehead atoms. The van der Waals surface area contributed by atoms with E-state index in [1.165, 1.54) is 175 Å². The molecule has 8 aromatic carbocycles. The molecule has 0 spiro atoms. The molecule has 10 heterocycles. The van der Waals surface area contributed by atoms with Crippen LogP contribution in [-0.4, -0.2) is 76.5 Å². The summed E-state index contributed by atoms with van der Waals surface area (Å²) in [5.74, 6) is 6.72. The lowest BCUT2D eigenvalue weighted by molar-refractivity contribution is -0.00172. The fourth-order valence-corrected chi connectivity index (χ4v) is 13.9. The van der Waals surface area contributed by atoms with Crippen molar-refractivity contribution in [1.82, 2.24) is 50.1 Å². The van der Waals surface area contributed by atoms with Gasteiger partial charge in [0.1, 0.15) is 50.3 Å². The van der Waals surface area contributed by atoms with Crippen LogP contribution < -0.4 is 0 Å². The lowest BCUT2D eigenvalue weighted by Crippen LogP contribution is -2.25. The molecule has 23 rings (SSSR count). The first-order chi connectivity index (χ1) is 54.0. The Bertz CT molecular complexity index is 5480. The van der Waals surface area contributed by atoms with Gasteiger partial charge >= 0.3 is 0 Å². The summed E-state index contributed by atoms with van der Waals surface area (Å²) in [4.78, 5) is 15.2. The van der Waals surface area contributed by atoms with Crippen molar-refractivity contribution in [3.8, 4) is 0 Å². The largest absolute Gasteiger partial charge is 0.461 e. The molecule has 8 aromatic heterocycles. The van der Waals surface area contributed by atoms with E-state index in [2.05, 4.69) is 245 Å². The summed E-state index contributed by atoms with van der Waals surface area (Å²) in [6.07, 6.45) is 14.4. The number of benzene rings is 8. The number of hydrogen-bond acceptors (Lipinski definition) is 15. The van der Waals surface area contributed by atoms with Crippen LogP contribution in [0.2, 0.25) is 5.02 Å². The SMILES string of the molecule is Cc1cc2cc(C3CC3)oc2cc1C.Cc1cc2cccnc2cc1C.Cc1cc2nc(C3CC3)oc2cc1C.Cc1cc2nc(C3COC3)oc2cc1C.Cc1cc2nn(C3CC3)nc2cc1C.Cc1cc2nnn(C3CC3)c2cc1C.Cc1cc2oc(C3COC3)cc2cc1Cl.Cc1cc2onc(C3CC3)c2cc1C. The van der Waals surface area contributed by atoms with E-state index in [1.807, 2.05) is 36.1 Å². The van der Waals surface area contributed by atoms with Crippen molar-refractivity contribution in [2.75, 3.05) is 26.4 Å². The lowest BCUT2D eigenvalue weighted by Gasteiger charge is -2.23. The predicted molar refractivity (Wildman–Crippen MR) is 447 cm³/mol. The topological polar surface area (TPSA) is 197 Å². The van der Waals surface area contributed by atoms with Crippen LogP contribution in [0.1, 0.15) is 218 Å². The molecule has 112 heavy (non-hydrogen) atoms. The summed E-state index contributed by atoms with van der Waals surface area (Å²) in [5.41, 5.74) is 32.4. The average Bonchev–Trinajstić information content (AvgIpc) is 1.63. The zero-order valence-corrected chi connectivity index (χ0v) is 68.0. The van der Waals surface area contributed by atoms with E-state index >= 15 is 0 Å². The number of halogens is 1. The van der Waals surface area contributed by atoms with E-state index in [1.54, 1.807) is 0 Å². The van der Waals surface area contributed by atoms with Crippen LogP contribution in [0.15, 0.2) is 150 Å². The van der Waals surface area contributed by atoms with Crippen molar-refractivity contribution in [1.29, 1.82) is 0 Å². The van der Waals surface area contributed by atoms with Crippen LogP contribution >= 0.6 is 11.6 Å². The van der Waals surface area contributed by atoms with E-state index < -0.39 is 0 Å². The van der Waals surface area contributed by atoms with Crippen LogP contribution in [0.5, 0.6) is 0 Å². The summed E-state index contributed by atoms with van der Waals surface area (Å²) in [6.45, 7) is 34.7. The fourth-order valence-electron chi connectivity index (χ4n) is 13.8. The molecule has 16 aromatic rings. The summed E-state index contributed by atoms with van der Waals surface area (Å²) in [6, 6.07) is 43.3. The second kappa shape index (κ2) is 31.7. The summed E-state index contributed by atoms with van der Waals surface area (Å²) < 4.78 is 40.7. The minimum Gasteiger partial charge on any atom is -0.461 e. The molecule has 576 valence electrons. The first-order valence-corrected chi connectivity index (χ1v) is 40.3. The Labute approximate surface area is 658 Å². The van der Waals surface area contributed by atoms with Gasteiger partial charge in [-0.25, -0.2) is 14.6 Å². The van der Waals surface area contributed by atoms with Gasteiger partial charge in [-0.05, 0) is 367 Å². The van der Waals surface area contributed by atoms with Crippen molar-refractivity contribution >= 4 is 99.7 Å². The Morgan fingerprint density at radius 2 is 0.795 bits per heavy atom. The number of fused-ring (bicyclic) bond motifs is 8. The van der Waals surface area contributed by atoms with E-state index in [0.29, 0.717) is 41.7 Å². The lowest BCUT2D eigenvalue weighted by atomic mass is 10.1. The average molecular weight is 1520 g/mol. The molecular formula is C94H101ClN10O7. The Morgan fingerprint density at radius 3 is 1.32 bits per heavy atom. The molecule has 17 nitrogen and oxygen atoms in total. The third-order valence-electron chi connectivity index (χ3n) is 23.1. The maximum Gasteiger partial charge on any atom is 0.203 e. The maximum absolute atomic E-state index is 6.06. The molecule has 0 atom stereocenters. The zero-order valence-electron chi connectivity index (χ0n) is 67.3. The molecule has 2 aliphatic heterocycles. The smallest absolute Gasteiger partial charge is 0.203 e. The molecule has 5 saturated carbocycles. The second-order valence-electron chi connectivity index (χ2n) is 32.6. The number of oxazole rings is 2. The summed E-state index contributed by atoms with van der Waals surface area (Å²) in [5, 5.41) is 27.1. The van der Waals surface area contributed by atoms with Crippen LogP contribution in [0, 0.1) is 104 Å². The number of pyridine rings is 1. The molecular weight excluding hydrogens is 1420 g/mol. The van der Waals surface area contributed by atoms with Gasteiger partial charge in [-0.15, -0.1) is 5.10 Å². The Kier molecular flexibility index (Phi) is 21.4. The molecule has 0 amide bonds. The van der Waals surface area contributed by atoms with E-state index in [0.717, 1.165) is 121 Å². The van der Waals surface area contributed by atoms with Crippen molar-refractivity contribution < 1.29 is 31.7 Å². The number of aromatic nitrogens is 10. The van der Waals surface area contributed by atoms with Crippen LogP contribution in [0.25, 0.3) is 88.1 Å². The van der Waals surface area contributed by atoms with E-state index in [-0.39, 0.29) is 0 Å². The van der Waals surface area contributed by atoms with Gasteiger partial charge in [0.25, 0.3) is 0 Å². The Morgan fingerprint density at radius 1 is 0.357 bits per heavy atom. The highest BCUT2D eigenvalue weighted by atomic mass is 35.5. The first kappa shape index (κ1) is 75.7. The van der Waals surface area contributed by atoms with Gasteiger partial charge in [0, 0.05) is 50.5 Å². The summed E-state index contributed by atoms with van der Waals surface area (Å²) in [7, 11) is 0. The van der Waals surface area contributed by atoms with Crippen molar-refractivity contribution in [3.63, 3.8) is 0 Å². The quantitative estimate of drug-likeness (QED) is 0.146. The van der Waals surface area contributed by atoms with Gasteiger partial charge in [0.2, 0.25) is 5.89 Å².